The molecular formula is C14H22N2O4. The van der Waals surface area contributed by atoms with Gasteiger partial charge in [0.1, 0.15) is 0 Å². The number of aromatic hydroxyl groups is 1. The third-order valence-electron chi connectivity index (χ3n) is 3.73. The number of methoxy groups -OCH3 is 1. The second kappa shape index (κ2) is 6.88. The zero-order valence-electron chi connectivity index (χ0n) is 11.8. The van der Waals surface area contributed by atoms with E-state index in [-0.39, 0.29) is 12.4 Å². The molecule has 1 aromatic rings. The zero-order valence-corrected chi connectivity index (χ0v) is 11.8. The lowest BCUT2D eigenvalue weighted by Crippen LogP contribution is -2.26. The van der Waals surface area contributed by atoms with Crippen LogP contribution >= 0.6 is 0 Å². The van der Waals surface area contributed by atoms with Gasteiger partial charge in [0.2, 0.25) is 5.43 Å². The minimum atomic E-state index is -0.433. The maximum Gasteiger partial charge on any atom is 0.223 e. The average molecular weight is 282 g/mol. The summed E-state index contributed by atoms with van der Waals surface area (Å²) in [5, 5.41) is 19.5. The normalized spacial score (nSPS) is 15.9. The highest BCUT2D eigenvalue weighted by atomic mass is 16.5. The van der Waals surface area contributed by atoms with E-state index in [4.69, 9.17) is 4.74 Å². The molecule has 1 fully saturated rings. The van der Waals surface area contributed by atoms with Crippen LogP contribution in [0.4, 0.5) is 0 Å². The summed E-state index contributed by atoms with van der Waals surface area (Å²) < 4.78 is 6.85. The van der Waals surface area contributed by atoms with Crippen molar-refractivity contribution in [2.24, 2.45) is 0 Å². The molecule has 0 amide bonds. The lowest BCUT2D eigenvalue weighted by Gasteiger charge is -2.22. The van der Waals surface area contributed by atoms with Crippen LogP contribution < -0.4 is 5.43 Å². The Kier molecular flexibility index (Phi) is 5.17. The van der Waals surface area contributed by atoms with Gasteiger partial charge in [0.15, 0.2) is 5.75 Å². The Morgan fingerprint density at radius 1 is 1.35 bits per heavy atom. The van der Waals surface area contributed by atoms with Gasteiger partial charge in [-0.05, 0) is 25.9 Å². The second-order valence-corrected chi connectivity index (χ2v) is 5.08. The van der Waals surface area contributed by atoms with Gasteiger partial charge in [-0.25, -0.2) is 0 Å². The van der Waals surface area contributed by atoms with Crippen LogP contribution in [0, 0.1) is 0 Å². The molecule has 2 heterocycles. The largest absolute Gasteiger partial charge is 0.503 e. The van der Waals surface area contributed by atoms with Crippen LogP contribution in [0.3, 0.4) is 0 Å². The number of hydrogen-bond acceptors (Lipinski definition) is 5. The van der Waals surface area contributed by atoms with Crippen LogP contribution in [0.5, 0.6) is 5.75 Å². The first-order valence-corrected chi connectivity index (χ1v) is 6.94. The number of rotatable bonds is 6. The molecule has 6 heteroatoms. The minimum Gasteiger partial charge on any atom is -0.503 e. The molecule has 1 aromatic heterocycles. The Bertz CT molecular complexity index is 507. The van der Waals surface area contributed by atoms with Crippen LogP contribution in [0.15, 0.2) is 10.9 Å². The molecule has 1 saturated heterocycles. The van der Waals surface area contributed by atoms with Gasteiger partial charge in [-0.2, -0.15) is 0 Å². The third-order valence-corrected chi connectivity index (χ3v) is 3.73. The highest BCUT2D eigenvalue weighted by Crippen LogP contribution is 2.20. The SMILES string of the molecule is COCCn1c(CO)cc(=O)c(O)c1CN1CCCC1. The quantitative estimate of drug-likeness (QED) is 0.784. The standard InChI is InChI=1S/C14H22N2O4/c1-20-7-6-16-11(10-17)8-13(18)14(19)12(16)9-15-4-2-3-5-15/h8,17,19H,2-7,9-10H2,1H3. The van der Waals surface area contributed by atoms with Gasteiger partial charge in [-0.15, -0.1) is 0 Å². The molecule has 0 radical (unpaired) electrons. The van der Waals surface area contributed by atoms with Crippen LogP contribution in [-0.2, 0) is 24.4 Å². The van der Waals surface area contributed by atoms with Gasteiger partial charge in [0.05, 0.1) is 18.9 Å². The van der Waals surface area contributed by atoms with Crippen molar-refractivity contribution in [2.75, 3.05) is 26.8 Å². The summed E-state index contributed by atoms with van der Waals surface area (Å²) in [6.45, 7) is 3.21. The second-order valence-electron chi connectivity index (χ2n) is 5.08. The van der Waals surface area contributed by atoms with Crippen molar-refractivity contribution in [1.82, 2.24) is 9.47 Å². The molecule has 0 unspecified atom stereocenters. The molecule has 1 aliphatic rings. The molecule has 0 bridgehead atoms. The number of hydrogen-bond donors (Lipinski definition) is 2. The highest BCUT2D eigenvalue weighted by Gasteiger charge is 2.19. The number of aliphatic hydroxyl groups excluding tert-OH is 1. The Labute approximate surface area is 118 Å². The summed E-state index contributed by atoms with van der Waals surface area (Å²) in [5.74, 6) is -0.217. The molecule has 0 saturated carbocycles. The van der Waals surface area contributed by atoms with Gasteiger partial charge in [-0.1, -0.05) is 0 Å². The number of pyridine rings is 1. The first kappa shape index (κ1) is 15.0. The van der Waals surface area contributed by atoms with Crippen molar-refractivity contribution in [3.05, 3.63) is 27.7 Å². The Hall–Kier alpha value is -1.37. The maximum atomic E-state index is 11.8. The Morgan fingerprint density at radius 2 is 2.05 bits per heavy atom. The van der Waals surface area contributed by atoms with Crippen LogP contribution in [0.1, 0.15) is 24.2 Å². The minimum absolute atomic E-state index is 0.217. The fourth-order valence-electron chi connectivity index (χ4n) is 2.65. The van der Waals surface area contributed by atoms with E-state index >= 15 is 0 Å². The molecule has 2 N–H and O–H groups in total. The highest BCUT2D eigenvalue weighted by molar-refractivity contribution is 5.30. The Morgan fingerprint density at radius 3 is 2.65 bits per heavy atom. The third kappa shape index (κ3) is 3.20. The number of aliphatic hydroxyl groups is 1. The van der Waals surface area contributed by atoms with Crippen LogP contribution in [0.25, 0.3) is 0 Å². The van der Waals surface area contributed by atoms with Crippen LogP contribution in [0.2, 0.25) is 0 Å². The van der Waals surface area contributed by atoms with E-state index in [1.807, 2.05) is 0 Å². The molecular weight excluding hydrogens is 260 g/mol. The maximum absolute atomic E-state index is 11.8. The fourth-order valence-corrected chi connectivity index (χ4v) is 2.65. The molecule has 0 aliphatic carbocycles. The van der Waals surface area contributed by atoms with Gasteiger partial charge in [0.25, 0.3) is 0 Å². The fraction of sp³-hybridized carbons (Fsp3) is 0.643. The van der Waals surface area contributed by atoms with E-state index in [9.17, 15) is 15.0 Å². The van der Waals surface area contributed by atoms with E-state index in [1.165, 1.54) is 6.07 Å². The number of likely N-dealkylation sites (tertiary alicyclic amines) is 1. The van der Waals surface area contributed by atoms with Crippen molar-refractivity contribution < 1.29 is 14.9 Å². The zero-order chi connectivity index (χ0) is 14.5. The topological polar surface area (TPSA) is 74.9 Å². The van der Waals surface area contributed by atoms with Crippen molar-refractivity contribution in [3.63, 3.8) is 0 Å². The van der Waals surface area contributed by atoms with Gasteiger partial charge < -0.3 is 19.5 Å². The first-order chi connectivity index (χ1) is 9.67. The lowest BCUT2D eigenvalue weighted by molar-refractivity contribution is 0.179. The van der Waals surface area contributed by atoms with E-state index in [0.29, 0.717) is 31.1 Å². The number of aromatic nitrogens is 1. The van der Waals surface area contributed by atoms with E-state index < -0.39 is 5.43 Å². The molecule has 112 valence electrons. The predicted octanol–water partition coefficient (Wildman–Crippen LogP) is 0.288. The summed E-state index contributed by atoms with van der Waals surface area (Å²) in [6, 6.07) is 1.29. The molecule has 6 nitrogen and oxygen atoms in total. The molecule has 0 spiro atoms. The number of ether oxygens (including phenoxy) is 1. The van der Waals surface area contributed by atoms with Gasteiger partial charge in [0, 0.05) is 32.0 Å². The van der Waals surface area contributed by atoms with E-state index in [0.717, 1.165) is 25.9 Å². The number of nitrogens with zero attached hydrogens (tertiary/aromatic N) is 2. The van der Waals surface area contributed by atoms with Crippen molar-refractivity contribution in [1.29, 1.82) is 0 Å². The first-order valence-electron chi connectivity index (χ1n) is 6.94. The molecule has 20 heavy (non-hydrogen) atoms. The monoisotopic (exact) mass is 282 g/mol. The van der Waals surface area contributed by atoms with Crippen molar-refractivity contribution in [3.8, 4) is 5.75 Å². The molecule has 1 aliphatic heterocycles. The van der Waals surface area contributed by atoms with Crippen LogP contribution in [-0.4, -0.2) is 46.5 Å². The van der Waals surface area contributed by atoms with E-state index in [1.54, 1.807) is 11.7 Å². The van der Waals surface area contributed by atoms with Crippen molar-refractivity contribution >= 4 is 0 Å². The van der Waals surface area contributed by atoms with E-state index in [2.05, 4.69) is 4.90 Å². The summed E-state index contributed by atoms with van der Waals surface area (Å²) in [6.07, 6.45) is 2.28. The summed E-state index contributed by atoms with van der Waals surface area (Å²) in [4.78, 5) is 14.0. The average Bonchev–Trinajstić information content (AvgIpc) is 2.95. The summed E-state index contributed by atoms with van der Waals surface area (Å²) in [5.41, 5.74) is 0.650. The summed E-state index contributed by atoms with van der Waals surface area (Å²) in [7, 11) is 1.60. The summed E-state index contributed by atoms with van der Waals surface area (Å²) >= 11 is 0. The Balaban J connectivity index is 2.37. The lowest BCUT2D eigenvalue weighted by atomic mass is 10.2. The van der Waals surface area contributed by atoms with Gasteiger partial charge in [-0.3, -0.25) is 9.69 Å². The molecule has 0 atom stereocenters. The predicted molar refractivity (Wildman–Crippen MR) is 74.7 cm³/mol. The molecule has 2 rings (SSSR count). The molecule has 0 aromatic carbocycles. The van der Waals surface area contributed by atoms with Crippen molar-refractivity contribution in [2.45, 2.75) is 32.5 Å². The van der Waals surface area contributed by atoms with Gasteiger partial charge >= 0.3 is 0 Å². The smallest absolute Gasteiger partial charge is 0.223 e.